The summed E-state index contributed by atoms with van der Waals surface area (Å²) in [6.45, 7) is 7.23. The topological polar surface area (TPSA) is 128 Å². The molecule has 1 aromatic carbocycles. The maximum Gasteiger partial charge on any atom is 0.411 e. The van der Waals surface area contributed by atoms with Crippen molar-refractivity contribution in [3.8, 4) is 0 Å². The van der Waals surface area contributed by atoms with Crippen LogP contribution in [0.15, 0.2) is 42.7 Å². The van der Waals surface area contributed by atoms with Gasteiger partial charge in [0.05, 0.1) is 41.7 Å². The molecule has 0 bridgehead atoms. The number of aliphatic hydroxyl groups excluding tert-OH is 1. The van der Waals surface area contributed by atoms with Gasteiger partial charge in [-0.2, -0.15) is 0 Å². The number of aromatic nitrogens is 2. The van der Waals surface area contributed by atoms with Crippen molar-refractivity contribution in [1.82, 2.24) is 19.8 Å². The fraction of sp³-hybridized carbons (Fsp3) is 0.500. The number of hydrogen-bond donors (Lipinski definition) is 3. The number of benzene rings is 1. The first-order valence-corrected chi connectivity index (χ1v) is 14.9. The molecular weight excluding hydrogens is 591 g/mol. The molecular formula is C32H38F3N5O5. The third-order valence-electron chi connectivity index (χ3n) is 8.33. The van der Waals surface area contributed by atoms with Crippen LogP contribution in [0.5, 0.6) is 0 Å². The van der Waals surface area contributed by atoms with Crippen LogP contribution in [-0.2, 0) is 15.1 Å². The Kier molecular flexibility index (Phi) is 8.96. The standard InChI is InChI=1S/C32H38F3N5O5/c1-18(20-6-5-7-21(27(20)33)28(34)35)38-23-8-11-36-24-16-37-26(15-22(23)24)32(44)9-12-39(13-10-32)29(42)25-14-19(41)17-40(25)30(43)45-31(2,3)4/h5-8,11,15-16,18-19,25,28,41,44H,9-10,12-14,17H2,1-4H3,(H,36,38)/t18-,19-,25-/m1/s1. The molecule has 3 aromatic rings. The van der Waals surface area contributed by atoms with E-state index in [1.54, 1.807) is 50.9 Å². The van der Waals surface area contributed by atoms with Crippen LogP contribution in [0.3, 0.4) is 0 Å². The number of halogens is 3. The van der Waals surface area contributed by atoms with Crippen molar-refractivity contribution in [3.05, 3.63) is 65.4 Å². The minimum Gasteiger partial charge on any atom is -0.444 e. The quantitative estimate of drug-likeness (QED) is 0.345. The SMILES string of the molecule is C[C@@H](Nc1ccnc2cnc(C3(O)CCN(C(=O)[C@H]4C[C@@H](O)CN4C(=O)OC(C)(C)C)CC3)cc12)c1cccc(C(F)F)c1F. The zero-order valence-corrected chi connectivity index (χ0v) is 25.6. The summed E-state index contributed by atoms with van der Waals surface area (Å²) in [5.74, 6) is -1.29. The van der Waals surface area contributed by atoms with E-state index in [2.05, 4.69) is 15.3 Å². The lowest BCUT2D eigenvalue weighted by Gasteiger charge is -2.39. The number of nitrogens with zero attached hydrogens (tertiary/aromatic N) is 4. The molecule has 0 aliphatic carbocycles. The molecule has 45 heavy (non-hydrogen) atoms. The number of hydrogen-bond acceptors (Lipinski definition) is 8. The number of nitrogens with one attached hydrogen (secondary N) is 1. The number of fused-ring (bicyclic) bond motifs is 1. The van der Waals surface area contributed by atoms with E-state index in [0.29, 0.717) is 22.3 Å². The van der Waals surface area contributed by atoms with Crippen molar-refractivity contribution in [2.24, 2.45) is 0 Å². The van der Waals surface area contributed by atoms with Crippen LogP contribution < -0.4 is 5.32 Å². The van der Waals surface area contributed by atoms with Gasteiger partial charge in [-0.05, 0) is 52.7 Å². The van der Waals surface area contributed by atoms with E-state index >= 15 is 0 Å². The molecule has 0 unspecified atom stereocenters. The lowest BCUT2D eigenvalue weighted by Crippen LogP contribution is -2.53. The van der Waals surface area contributed by atoms with E-state index in [0.717, 1.165) is 6.07 Å². The molecule has 3 N–H and O–H groups in total. The van der Waals surface area contributed by atoms with Crippen molar-refractivity contribution in [2.75, 3.05) is 25.0 Å². The number of carbonyl (C=O) groups is 2. The highest BCUT2D eigenvalue weighted by Gasteiger charge is 2.45. The van der Waals surface area contributed by atoms with Gasteiger partial charge in [-0.1, -0.05) is 18.2 Å². The fourth-order valence-electron chi connectivity index (χ4n) is 5.95. The van der Waals surface area contributed by atoms with Crippen LogP contribution in [0.4, 0.5) is 23.7 Å². The predicted molar refractivity (Wildman–Crippen MR) is 160 cm³/mol. The molecule has 2 aromatic heterocycles. The van der Waals surface area contributed by atoms with Crippen LogP contribution in [0, 0.1) is 5.82 Å². The number of anilines is 1. The zero-order valence-electron chi connectivity index (χ0n) is 25.6. The van der Waals surface area contributed by atoms with Gasteiger partial charge < -0.3 is 25.2 Å². The summed E-state index contributed by atoms with van der Waals surface area (Å²) in [5.41, 5.74) is -1.29. The number of carbonyl (C=O) groups excluding carboxylic acids is 2. The van der Waals surface area contributed by atoms with Gasteiger partial charge in [-0.3, -0.25) is 19.7 Å². The number of amides is 2. The van der Waals surface area contributed by atoms with E-state index < -0.39 is 53.3 Å². The third kappa shape index (κ3) is 6.84. The molecule has 5 rings (SSSR count). The maximum atomic E-state index is 14.8. The number of β-amino-alcohol motifs (C(OH)–C–C–N with tert-alkyl or cyclic N) is 1. The lowest BCUT2D eigenvalue weighted by molar-refractivity contribution is -0.140. The Labute approximate surface area is 259 Å². The highest BCUT2D eigenvalue weighted by molar-refractivity contribution is 5.91. The van der Waals surface area contributed by atoms with Gasteiger partial charge >= 0.3 is 6.09 Å². The summed E-state index contributed by atoms with van der Waals surface area (Å²) in [7, 11) is 0. The third-order valence-corrected chi connectivity index (χ3v) is 8.33. The molecule has 0 spiro atoms. The largest absolute Gasteiger partial charge is 0.444 e. The van der Waals surface area contributed by atoms with Crippen LogP contribution in [0.1, 0.15) is 76.2 Å². The van der Waals surface area contributed by atoms with Gasteiger partial charge in [0.1, 0.15) is 23.1 Å². The number of likely N-dealkylation sites (tertiary alicyclic amines) is 2. The second-order valence-electron chi connectivity index (χ2n) is 12.8. The summed E-state index contributed by atoms with van der Waals surface area (Å²) in [5, 5.41) is 25.7. The monoisotopic (exact) mass is 629 g/mol. The summed E-state index contributed by atoms with van der Waals surface area (Å²) in [4.78, 5) is 37.9. The van der Waals surface area contributed by atoms with Crippen molar-refractivity contribution >= 4 is 28.6 Å². The van der Waals surface area contributed by atoms with Crippen molar-refractivity contribution in [3.63, 3.8) is 0 Å². The highest BCUT2D eigenvalue weighted by Crippen LogP contribution is 2.36. The van der Waals surface area contributed by atoms with E-state index in [4.69, 9.17) is 4.74 Å². The predicted octanol–water partition coefficient (Wildman–Crippen LogP) is 5.06. The summed E-state index contributed by atoms with van der Waals surface area (Å²) < 4.78 is 46.8. The molecule has 2 aliphatic heterocycles. The van der Waals surface area contributed by atoms with Crippen molar-refractivity contribution in [1.29, 1.82) is 0 Å². The second-order valence-corrected chi connectivity index (χ2v) is 12.8. The van der Waals surface area contributed by atoms with Gasteiger partial charge in [-0.15, -0.1) is 0 Å². The maximum absolute atomic E-state index is 14.8. The Balaban J connectivity index is 1.32. The molecule has 4 heterocycles. The van der Waals surface area contributed by atoms with Crippen molar-refractivity contribution in [2.45, 2.75) is 82.8 Å². The van der Waals surface area contributed by atoms with Crippen LogP contribution >= 0.6 is 0 Å². The van der Waals surface area contributed by atoms with Gasteiger partial charge in [0.15, 0.2) is 0 Å². The van der Waals surface area contributed by atoms with E-state index in [-0.39, 0.29) is 50.4 Å². The number of pyridine rings is 2. The van der Waals surface area contributed by atoms with Crippen LogP contribution in [0.2, 0.25) is 0 Å². The van der Waals surface area contributed by atoms with Gasteiger partial charge in [0.2, 0.25) is 5.91 Å². The number of ether oxygens (including phenoxy) is 1. The second kappa shape index (κ2) is 12.4. The van der Waals surface area contributed by atoms with Gasteiger partial charge in [0.25, 0.3) is 6.43 Å². The van der Waals surface area contributed by atoms with Crippen LogP contribution in [-0.4, -0.2) is 79.4 Å². The lowest BCUT2D eigenvalue weighted by atomic mass is 9.87. The molecule has 3 atom stereocenters. The van der Waals surface area contributed by atoms with E-state index in [9.17, 15) is 33.0 Å². The molecule has 2 amide bonds. The Morgan fingerprint density at radius 3 is 2.49 bits per heavy atom. The van der Waals surface area contributed by atoms with Gasteiger partial charge in [0, 0.05) is 42.3 Å². The first-order valence-electron chi connectivity index (χ1n) is 14.9. The average molecular weight is 630 g/mol. The molecule has 2 fully saturated rings. The molecule has 13 heteroatoms. The number of aliphatic hydroxyl groups is 2. The number of piperidine rings is 1. The molecule has 0 radical (unpaired) electrons. The molecule has 10 nitrogen and oxygen atoms in total. The Bertz CT molecular complexity index is 1570. The summed E-state index contributed by atoms with van der Waals surface area (Å²) in [6, 6.07) is 5.73. The smallest absolute Gasteiger partial charge is 0.411 e. The Hall–Kier alpha value is -3.97. The molecule has 2 aliphatic rings. The zero-order chi connectivity index (χ0) is 32.7. The Morgan fingerprint density at radius 2 is 1.82 bits per heavy atom. The average Bonchev–Trinajstić information content (AvgIpc) is 3.38. The minimum absolute atomic E-state index is 0.00256. The van der Waals surface area contributed by atoms with Crippen LogP contribution in [0.25, 0.3) is 10.9 Å². The summed E-state index contributed by atoms with van der Waals surface area (Å²) >= 11 is 0. The van der Waals surface area contributed by atoms with Gasteiger partial charge in [-0.25, -0.2) is 18.0 Å². The summed E-state index contributed by atoms with van der Waals surface area (Å²) in [6.07, 6.45) is -0.946. The van der Waals surface area contributed by atoms with E-state index in [1.807, 2.05) is 0 Å². The molecule has 2 saturated heterocycles. The minimum atomic E-state index is -2.94. The van der Waals surface area contributed by atoms with E-state index in [1.165, 1.54) is 23.2 Å². The highest BCUT2D eigenvalue weighted by atomic mass is 19.3. The molecule has 242 valence electrons. The first-order chi connectivity index (χ1) is 21.2. The number of rotatable bonds is 6. The Morgan fingerprint density at radius 1 is 1.13 bits per heavy atom. The first kappa shape index (κ1) is 32.4. The molecule has 0 saturated carbocycles. The fourth-order valence-corrected chi connectivity index (χ4v) is 5.95. The number of alkyl halides is 2. The van der Waals surface area contributed by atoms with Crippen molar-refractivity contribution < 1.29 is 37.7 Å². The normalized spacial score (nSPS) is 20.8.